The van der Waals surface area contributed by atoms with E-state index < -0.39 is 0 Å². The maximum atomic E-state index is 9.36. The lowest BCUT2D eigenvalue weighted by atomic mass is 10.0. The number of nitriles is 1. The fraction of sp³-hybridized carbons (Fsp3) is 0. The van der Waals surface area contributed by atoms with Gasteiger partial charge in [-0.1, -0.05) is 60.7 Å². The molecule has 2 heteroatoms. The average molecular weight is 296 g/mol. The first-order valence-corrected chi connectivity index (χ1v) is 7.44. The topological polar surface area (TPSA) is 35.8 Å². The zero-order valence-electron chi connectivity index (χ0n) is 12.6. The SMILES string of the molecule is N#CC(=Cc1ccc(Nc2ccccc2)cc1)c1ccccc1. The van der Waals surface area contributed by atoms with Crippen molar-refractivity contribution in [1.29, 1.82) is 5.26 Å². The molecule has 0 spiro atoms. The molecule has 23 heavy (non-hydrogen) atoms. The van der Waals surface area contributed by atoms with Crippen LogP contribution in [0.1, 0.15) is 11.1 Å². The Morgan fingerprint density at radius 1 is 0.739 bits per heavy atom. The Kier molecular flexibility index (Phi) is 4.52. The summed E-state index contributed by atoms with van der Waals surface area (Å²) in [6.45, 7) is 0. The number of allylic oxidation sites excluding steroid dienone is 1. The van der Waals surface area contributed by atoms with Crippen molar-refractivity contribution in [2.24, 2.45) is 0 Å². The maximum Gasteiger partial charge on any atom is 0.0998 e. The molecule has 2 nitrogen and oxygen atoms in total. The molecule has 3 rings (SSSR count). The van der Waals surface area contributed by atoms with E-state index in [9.17, 15) is 5.26 Å². The maximum absolute atomic E-state index is 9.36. The third-order valence-corrected chi connectivity index (χ3v) is 3.49. The van der Waals surface area contributed by atoms with E-state index in [1.54, 1.807) is 0 Å². The van der Waals surface area contributed by atoms with Gasteiger partial charge in [0.1, 0.15) is 0 Å². The van der Waals surface area contributed by atoms with E-state index in [4.69, 9.17) is 0 Å². The average Bonchev–Trinajstić information content (AvgIpc) is 2.63. The summed E-state index contributed by atoms with van der Waals surface area (Å²) in [6, 6.07) is 30.1. The zero-order chi connectivity index (χ0) is 15.9. The zero-order valence-corrected chi connectivity index (χ0v) is 12.6. The van der Waals surface area contributed by atoms with Gasteiger partial charge < -0.3 is 5.32 Å². The first kappa shape index (κ1) is 14.6. The second-order valence-corrected chi connectivity index (χ2v) is 5.15. The largest absolute Gasteiger partial charge is 0.356 e. The molecule has 0 saturated carbocycles. The number of anilines is 2. The van der Waals surface area contributed by atoms with Crippen molar-refractivity contribution >= 4 is 23.0 Å². The third kappa shape index (κ3) is 3.87. The predicted molar refractivity (Wildman–Crippen MR) is 96.1 cm³/mol. The summed E-state index contributed by atoms with van der Waals surface area (Å²) in [5, 5.41) is 12.7. The van der Waals surface area contributed by atoms with Crippen LogP contribution in [0.5, 0.6) is 0 Å². The summed E-state index contributed by atoms with van der Waals surface area (Å²) in [7, 11) is 0. The van der Waals surface area contributed by atoms with Crippen LogP contribution in [0.3, 0.4) is 0 Å². The molecule has 0 unspecified atom stereocenters. The van der Waals surface area contributed by atoms with Gasteiger partial charge in [0.2, 0.25) is 0 Å². The molecule has 0 saturated heterocycles. The lowest BCUT2D eigenvalue weighted by Crippen LogP contribution is -1.89. The third-order valence-electron chi connectivity index (χ3n) is 3.49. The number of hydrogen-bond donors (Lipinski definition) is 1. The number of rotatable bonds is 4. The summed E-state index contributed by atoms with van der Waals surface area (Å²) in [5.41, 5.74) is 4.67. The Bertz CT molecular complexity index is 827. The molecule has 0 aliphatic rings. The molecule has 0 aliphatic heterocycles. The quantitative estimate of drug-likeness (QED) is 0.510. The highest BCUT2D eigenvalue weighted by Crippen LogP contribution is 2.20. The van der Waals surface area contributed by atoms with Crippen LogP contribution in [0.4, 0.5) is 11.4 Å². The molecule has 1 N–H and O–H groups in total. The predicted octanol–water partition coefficient (Wildman–Crippen LogP) is 5.49. The number of benzene rings is 3. The van der Waals surface area contributed by atoms with Crippen LogP contribution in [0, 0.1) is 11.3 Å². The fourth-order valence-corrected chi connectivity index (χ4v) is 2.32. The first-order chi connectivity index (χ1) is 11.3. The van der Waals surface area contributed by atoms with E-state index in [-0.39, 0.29) is 0 Å². The lowest BCUT2D eigenvalue weighted by Gasteiger charge is -2.06. The van der Waals surface area contributed by atoms with Crippen LogP contribution >= 0.6 is 0 Å². The molecule has 0 heterocycles. The molecule has 3 aromatic rings. The van der Waals surface area contributed by atoms with Crippen molar-refractivity contribution in [3.63, 3.8) is 0 Å². The van der Waals surface area contributed by atoms with E-state index >= 15 is 0 Å². The fourth-order valence-electron chi connectivity index (χ4n) is 2.32. The molecule has 110 valence electrons. The van der Waals surface area contributed by atoms with Crippen LogP contribution in [-0.2, 0) is 0 Å². The van der Waals surface area contributed by atoms with E-state index in [0.29, 0.717) is 5.57 Å². The van der Waals surface area contributed by atoms with Crippen molar-refractivity contribution in [2.45, 2.75) is 0 Å². The van der Waals surface area contributed by atoms with Crippen molar-refractivity contribution in [3.8, 4) is 6.07 Å². The van der Waals surface area contributed by atoms with Crippen molar-refractivity contribution in [3.05, 3.63) is 96.1 Å². The number of para-hydroxylation sites is 1. The number of hydrogen-bond acceptors (Lipinski definition) is 2. The van der Waals surface area contributed by atoms with Gasteiger partial charge in [-0.3, -0.25) is 0 Å². The highest BCUT2D eigenvalue weighted by Gasteiger charge is 2.00. The molecule has 0 aliphatic carbocycles. The van der Waals surface area contributed by atoms with Crippen LogP contribution in [0.25, 0.3) is 11.6 Å². The summed E-state index contributed by atoms with van der Waals surface area (Å²) >= 11 is 0. The summed E-state index contributed by atoms with van der Waals surface area (Å²) < 4.78 is 0. The molecule has 0 radical (unpaired) electrons. The molecule has 3 aromatic carbocycles. The Morgan fingerprint density at radius 3 is 1.91 bits per heavy atom. The Balaban J connectivity index is 1.79. The molecular formula is C21H16N2. The monoisotopic (exact) mass is 296 g/mol. The van der Waals surface area contributed by atoms with Gasteiger partial charge in [-0.25, -0.2) is 0 Å². The summed E-state index contributed by atoms with van der Waals surface area (Å²) in [4.78, 5) is 0. The standard InChI is InChI=1S/C21H16N2/c22-16-19(18-7-3-1-4-8-18)15-17-11-13-21(14-12-17)23-20-9-5-2-6-10-20/h1-15,23H. The smallest absolute Gasteiger partial charge is 0.0998 e. The Morgan fingerprint density at radius 2 is 1.30 bits per heavy atom. The van der Waals surface area contributed by atoms with Gasteiger partial charge in [-0.05, 0) is 41.5 Å². The van der Waals surface area contributed by atoms with Crippen LogP contribution in [0.2, 0.25) is 0 Å². The van der Waals surface area contributed by atoms with E-state index in [1.165, 1.54) is 0 Å². The van der Waals surface area contributed by atoms with Crippen LogP contribution in [-0.4, -0.2) is 0 Å². The molecule has 0 atom stereocenters. The molecule has 0 bridgehead atoms. The van der Waals surface area contributed by atoms with Gasteiger partial charge in [0.05, 0.1) is 11.6 Å². The van der Waals surface area contributed by atoms with Crippen molar-refractivity contribution < 1.29 is 0 Å². The summed E-state index contributed by atoms with van der Waals surface area (Å²) in [5.74, 6) is 0. The van der Waals surface area contributed by atoms with E-state index in [0.717, 1.165) is 22.5 Å². The van der Waals surface area contributed by atoms with E-state index in [2.05, 4.69) is 11.4 Å². The number of nitrogens with zero attached hydrogens (tertiary/aromatic N) is 1. The molecule has 0 amide bonds. The van der Waals surface area contributed by atoms with Gasteiger partial charge in [0, 0.05) is 11.4 Å². The van der Waals surface area contributed by atoms with Gasteiger partial charge >= 0.3 is 0 Å². The molecular weight excluding hydrogens is 280 g/mol. The number of nitrogens with one attached hydrogen (secondary N) is 1. The van der Waals surface area contributed by atoms with Crippen LogP contribution in [0.15, 0.2) is 84.9 Å². The van der Waals surface area contributed by atoms with Gasteiger partial charge in [0.25, 0.3) is 0 Å². The van der Waals surface area contributed by atoms with Gasteiger partial charge in [-0.15, -0.1) is 0 Å². The second-order valence-electron chi connectivity index (χ2n) is 5.15. The van der Waals surface area contributed by atoms with Crippen molar-refractivity contribution in [2.75, 3.05) is 5.32 Å². The van der Waals surface area contributed by atoms with Crippen molar-refractivity contribution in [1.82, 2.24) is 0 Å². The second kappa shape index (κ2) is 7.11. The first-order valence-electron chi connectivity index (χ1n) is 7.44. The normalized spacial score (nSPS) is 10.8. The summed E-state index contributed by atoms with van der Waals surface area (Å²) in [6.07, 6.45) is 1.90. The minimum absolute atomic E-state index is 0.661. The highest BCUT2D eigenvalue weighted by molar-refractivity contribution is 5.89. The lowest BCUT2D eigenvalue weighted by molar-refractivity contribution is 1.52. The van der Waals surface area contributed by atoms with E-state index in [1.807, 2.05) is 91.0 Å². The minimum atomic E-state index is 0.661. The van der Waals surface area contributed by atoms with Gasteiger partial charge in [-0.2, -0.15) is 5.26 Å². The Hall–Kier alpha value is -3.31. The Labute approximate surface area is 136 Å². The van der Waals surface area contributed by atoms with Crippen LogP contribution < -0.4 is 5.32 Å². The molecule has 0 aromatic heterocycles. The highest BCUT2D eigenvalue weighted by atomic mass is 14.9. The molecule has 0 fully saturated rings. The minimum Gasteiger partial charge on any atom is -0.356 e. The van der Waals surface area contributed by atoms with Gasteiger partial charge in [0.15, 0.2) is 0 Å².